The number of carbonyl (C=O) groups is 3. The molecule has 12 heteroatoms. The van der Waals surface area contributed by atoms with Crippen molar-refractivity contribution in [3.63, 3.8) is 0 Å². The number of aromatic nitrogens is 4. The first kappa shape index (κ1) is 24.4. The van der Waals surface area contributed by atoms with Crippen LogP contribution in [0, 0.1) is 0 Å². The van der Waals surface area contributed by atoms with Crippen molar-refractivity contribution in [1.82, 2.24) is 24.8 Å². The number of anilines is 2. The number of primary amides is 1. The van der Waals surface area contributed by atoms with E-state index in [1.165, 1.54) is 0 Å². The zero-order valence-electron chi connectivity index (χ0n) is 19.6. The lowest BCUT2D eigenvalue weighted by Crippen LogP contribution is -2.42. The van der Waals surface area contributed by atoms with E-state index in [1.807, 2.05) is 0 Å². The molecule has 0 radical (unpaired) electrons. The Morgan fingerprint density at radius 3 is 2.35 bits per heavy atom. The molecule has 2 aromatic carbocycles. The van der Waals surface area contributed by atoms with Crippen molar-refractivity contribution < 1.29 is 14.4 Å². The summed E-state index contributed by atoms with van der Waals surface area (Å²) in [5.74, 6) is -0.326. The van der Waals surface area contributed by atoms with E-state index >= 15 is 0 Å². The number of hydrogen-bond donors (Lipinski definition) is 4. The summed E-state index contributed by atoms with van der Waals surface area (Å²) in [6, 6.07) is 11.6. The van der Waals surface area contributed by atoms with Crippen molar-refractivity contribution in [2.75, 3.05) is 23.7 Å². The number of hydrogen-bond acceptors (Lipinski definition) is 7. The Kier molecular flexibility index (Phi) is 6.82. The number of aromatic amines is 1. The molecule has 1 fully saturated rings. The van der Waals surface area contributed by atoms with Gasteiger partial charge in [0.15, 0.2) is 0 Å². The number of nitrogens with one attached hydrogen (secondary N) is 3. The molecule has 37 heavy (non-hydrogen) atoms. The number of para-hydroxylation sites is 1. The first-order valence-electron chi connectivity index (χ1n) is 11.6. The number of likely N-dealkylation sites (tertiary alicyclic amines) is 1. The van der Waals surface area contributed by atoms with E-state index < -0.39 is 11.8 Å². The number of imidazole rings is 1. The van der Waals surface area contributed by atoms with Gasteiger partial charge in [-0.1, -0.05) is 6.07 Å². The third-order valence-electron chi connectivity index (χ3n) is 6.14. The first-order chi connectivity index (χ1) is 17.9. The molecule has 0 spiro atoms. The van der Waals surface area contributed by atoms with Crippen molar-refractivity contribution in [2.45, 2.75) is 18.9 Å². The molecule has 3 amide bonds. The van der Waals surface area contributed by atoms with E-state index in [0.29, 0.717) is 41.2 Å². The number of H-pyrrole nitrogens is 1. The Bertz CT molecular complexity index is 1460. The Balaban J connectivity index is 1.18. The van der Waals surface area contributed by atoms with Crippen molar-refractivity contribution in [3.05, 3.63) is 76.0 Å². The lowest BCUT2D eigenvalue weighted by Gasteiger charge is -2.32. The largest absolute Gasteiger partial charge is 0.366 e. The fraction of sp³-hybridized carbons (Fsp3) is 0.200. The second-order valence-electron chi connectivity index (χ2n) is 8.62. The van der Waals surface area contributed by atoms with E-state index in [-0.39, 0.29) is 23.5 Å². The van der Waals surface area contributed by atoms with Gasteiger partial charge in [0.2, 0.25) is 11.9 Å². The van der Waals surface area contributed by atoms with E-state index in [1.54, 1.807) is 59.8 Å². The number of halogens is 1. The predicted octanol–water partition coefficient (Wildman–Crippen LogP) is 3.18. The molecule has 188 valence electrons. The lowest BCUT2D eigenvalue weighted by atomic mass is 10.0. The van der Waals surface area contributed by atoms with Crippen LogP contribution in [-0.4, -0.2) is 61.7 Å². The van der Waals surface area contributed by atoms with Crippen LogP contribution in [0.5, 0.6) is 0 Å². The van der Waals surface area contributed by atoms with Crippen LogP contribution in [0.4, 0.5) is 11.9 Å². The molecule has 11 nitrogen and oxygen atoms in total. The molecular weight excluding hydrogens is 540 g/mol. The van der Waals surface area contributed by atoms with Gasteiger partial charge in [-0.3, -0.25) is 19.7 Å². The van der Waals surface area contributed by atoms with Crippen LogP contribution < -0.4 is 16.4 Å². The maximum absolute atomic E-state index is 13.0. The van der Waals surface area contributed by atoms with Crippen LogP contribution in [0.1, 0.15) is 43.9 Å². The third kappa shape index (κ3) is 5.43. The van der Waals surface area contributed by atoms with E-state index in [4.69, 9.17) is 5.73 Å². The lowest BCUT2D eigenvalue weighted by molar-refractivity contribution is 0.0717. The normalized spacial score (nSPS) is 13.9. The summed E-state index contributed by atoms with van der Waals surface area (Å²) in [6.45, 7) is 1.21. The molecule has 0 aliphatic carbocycles. The number of fused-ring (bicyclic) bond motifs is 1. The monoisotopic (exact) mass is 562 g/mol. The molecule has 1 aliphatic heterocycles. The highest BCUT2D eigenvalue weighted by Crippen LogP contribution is 2.20. The predicted molar refractivity (Wildman–Crippen MR) is 141 cm³/mol. The highest BCUT2D eigenvalue weighted by Gasteiger charge is 2.24. The minimum absolute atomic E-state index is 0.0819. The van der Waals surface area contributed by atoms with Gasteiger partial charge in [0.05, 0.1) is 15.6 Å². The minimum atomic E-state index is -0.602. The highest BCUT2D eigenvalue weighted by atomic mass is 79.9. The maximum Gasteiger partial charge on any atom is 0.257 e. The molecule has 0 bridgehead atoms. The number of nitrogens with two attached hydrogens (primary N) is 1. The molecule has 3 heterocycles. The number of nitrogens with zero attached hydrogens (tertiary/aromatic N) is 4. The summed E-state index contributed by atoms with van der Waals surface area (Å²) in [5.41, 5.74) is 7.50. The number of carbonyl (C=O) groups excluding carboxylic acids is 3. The van der Waals surface area contributed by atoms with Crippen molar-refractivity contribution >= 4 is 56.6 Å². The Hall–Kier alpha value is -4.32. The Morgan fingerprint density at radius 2 is 1.68 bits per heavy atom. The average molecular weight is 563 g/mol. The van der Waals surface area contributed by atoms with Gasteiger partial charge < -0.3 is 20.9 Å². The quantitative estimate of drug-likeness (QED) is 0.280. The van der Waals surface area contributed by atoms with Gasteiger partial charge in [-0.15, -0.1) is 0 Å². The van der Waals surface area contributed by atoms with Crippen LogP contribution >= 0.6 is 15.9 Å². The average Bonchev–Trinajstić information content (AvgIpc) is 3.32. The zero-order chi connectivity index (χ0) is 25.9. The van der Waals surface area contributed by atoms with Crippen molar-refractivity contribution in [1.29, 1.82) is 0 Å². The molecule has 0 atom stereocenters. The van der Waals surface area contributed by atoms with Crippen molar-refractivity contribution in [3.8, 4) is 0 Å². The summed E-state index contributed by atoms with van der Waals surface area (Å²) in [5, 5.41) is 5.99. The molecule has 5 N–H and O–H groups in total. The Morgan fingerprint density at radius 1 is 1.00 bits per heavy atom. The van der Waals surface area contributed by atoms with Crippen molar-refractivity contribution in [2.24, 2.45) is 5.73 Å². The third-order valence-corrected chi connectivity index (χ3v) is 6.55. The van der Waals surface area contributed by atoms with Gasteiger partial charge in [0.1, 0.15) is 5.52 Å². The highest BCUT2D eigenvalue weighted by molar-refractivity contribution is 9.10. The smallest absolute Gasteiger partial charge is 0.257 e. The number of benzene rings is 2. The minimum Gasteiger partial charge on any atom is -0.366 e. The van der Waals surface area contributed by atoms with Crippen LogP contribution in [0.3, 0.4) is 0 Å². The summed E-state index contributed by atoms with van der Waals surface area (Å²) >= 11 is 3.32. The van der Waals surface area contributed by atoms with Crippen LogP contribution in [0.25, 0.3) is 11.0 Å². The van der Waals surface area contributed by atoms with E-state index in [0.717, 1.165) is 17.3 Å². The van der Waals surface area contributed by atoms with Gasteiger partial charge >= 0.3 is 0 Å². The molecule has 0 saturated carbocycles. The summed E-state index contributed by atoms with van der Waals surface area (Å²) in [6.07, 6.45) is 4.93. The van der Waals surface area contributed by atoms with Crippen LogP contribution in [0.15, 0.2) is 59.3 Å². The molecule has 1 saturated heterocycles. The summed E-state index contributed by atoms with van der Waals surface area (Å²) in [4.78, 5) is 54.8. The van der Waals surface area contributed by atoms with E-state index in [9.17, 15) is 14.4 Å². The SMILES string of the molecule is NC(=O)c1cccc2[nH]c(NC(=O)c3ccc(C(=O)N4CCC(Nc5ncc(Br)cn5)CC4)cc3)nc12. The van der Waals surface area contributed by atoms with E-state index in [2.05, 4.69) is 46.5 Å². The molecular formula is C25H23BrN8O3. The number of rotatable bonds is 6. The summed E-state index contributed by atoms with van der Waals surface area (Å²) < 4.78 is 0.815. The molecule has 1 aliphatic rings. The van der Waals surface area contributed by atoms with Gasteiger partial charge in [0.25, 0.3) is 17.7 Å². The fourth-order valence-corrected chi connectivity index (χ4v) is 4.42. The molecule has 2 aromatic heterocycles. The zero-order valence-corrected chi connectivity index (χ0v) is 21.2. The second kappa shape index (κ2) is 10.3. The standard InChI is InChI=1S/C25H23BrN8O3/c26-16-12-28-24(29-13-16)30-17-8-10-34(11-9-17)23(37)15-6-4-14(5-7-15)22(36)33-25-31-19-3-1-2-18(21(27)35)20(19)32-25/h1-7,12-13,17H,8-11H2,(H2,27,35)(H,28,29,30)(H2,31,32,33,36). The first-order valence-corrected chi connectivity index (χ1v) is 12.4. The van der Waals surface area contributed by atoms with Gasteiger partial charge in [-0.25, -0.2) is 15.0 Å². The second-order valence-corrected chi connectivity index (χ2v) is 9.53. The number of amides is 3. The van der Waals surface area contributed by atoms with Crippen LogP contribution in [-0.2, 0) is 0 Å². The molecule has 0 unspecified atom stereocenters. The molecule has 4 aromatic rings. The van der Waals surface area contributed by atoms with Gasteiger partial charge in [-0.2, -0.15) is 0 Å². The topological polar surface area (TPSA) is 159 Å². The Labute approximate surface area is 220 Å². The maximum atomic E-state index is 13.0. The van der Waals surface area contributed by atoms with Gasteiger partial charge in [-0.05, 0) is 65.2 Å². The summed E-state index contributed by atoms with van der Waals surface area (Å²) in [7, 11) is 0. The van der Waals surface area contributed by atoms with Gasteiger partial charge in [0, 0.05) is 42.7 Å². The van der Waals surface area contributed by atoms with Crippen LogP contribution in [0.2, 0.25) is 0 Å². The number of piperidine rings is 1. The molecule has 5 rings (SSSR count). The fourth-order valence-electron chi connectivity index (χ4n) is 4.21.